The van der Waals surface area contributed by atoms with Gasteiger partial charge in [0.2, 0.25) is 0 Å². The zero-order valence-corrected chi connectivity index (χ0v) is 7.95. The minimum atomic E-state index is 0.715. The molecule has 2 rings (SSSR count). The summed E-state index contributed by atoms with van der Waals surface area (Å²) in [6.45, 7) is 0. The molecular weight excluding hydrogens is 222 g/mol. The number of fused-ring (bicyclic) bond motifs is 1. The molecule has 2 aromatic heterocycles. The van der Waals surface area contributed by atoms with Gasteiger partial charge in [-0.1, -0.05) is 0 Å². The fraction of sp³-hybridized carbons (Fsp3) is 0.143. The minimum Gasteiger partial charge on any atom is -0.493 e. The normalized spacial score (nSPS) is 10.5. The highest BCUT2D eigenvalue weighted by molar-refractivity contribution is 9.10. The number of imidazole rings is 1. The summed E-state index contributed by atoms with van der Waals surface area (Å²) < 4.78 is 7.58. The molecule has 0 fully saturated rings. The van der Waals surface area contributed by atoms with Gasteiger partial charge in [0.1, 0.15) is 4.60 Å². The first-order valence-electron chi connectivity index (χ1n) is 3.35. The van der Waals surface area contributed by atoms with Crippen LogP contribution in [0.4, 0.5) is 0 Å². The lowest BCUT2D eigenvalue weighted by molar-refractivity contribution is 0.415. The Hall–Kier alpha value is -1.10. The van der Waals surface area contributed by atoms with E-state index in [-0.39, 0.29) is 0 Å². The van der Waals surface area contributed by atoms with E-state index in [4.69, 9.17) is 4.74 Å². The van der Waals surface area contributed by atoms with Gasteiger partial charge >= 0.3 is 0 Å². The summed E-state index contributed by atoms with van der Waals surface area (Å²) in [4.78, 5) is 4.12. The first kappa shape index (κ1) is 7.54. The van der Waals surface area contributed by atoms with Gasteiger partial charge in [0.05, 0.1) is 19.5 Å². The van der Waals surface area contributed by atoms with E-state index in [1.54, 1.807) is 30.1 Å². The van der Waals surface area contributed by atoms with Crippen LogP contribution < -0.4 is 4.74 Å². The molecule has 0 radical (unpaired) electrons. The molecule has 0 aliphatic rings. The number of ether oxygens (including phenoxy) is 1. The molecule has 0 unspecified atom stereocenters. The van der Waals surface area contributed by atoms with Crippen molar-refractivity contribution in [3.8, 4) is 5.75 Å². The fourth-order valence-electron chi connectivity index (χ4n) is 1.00. The van der Waals surface area contributed by atoms with Crippen LogP contribution in [0.3, 0.4) is 0 Å². The highest BCUT2D eigenvalue weighted by atomic mass is 79.9. The summed E-state index contributed by atoms with van der Waals surface area (Å²) in [7, 11) is 1.61. The molecule has 12 heavy (non-hydrogen) atoms. The molecule has 0 spiro atoms. The van der Waals surface area contributed by atoms with Crippen molar-refractivity contribution in [3.63, 3.8) is 0 Å². The van der Waals surface area contributed by atoms with Crippen molar-refractivity contribution in [1.29, 1.82) is 0 Å². The Labute approximate surface area is 77.3 Å². The average Bonchev–Trinajstić information content (AvgIpc) is 2.48. The highest BCUT2D eigenvalue weighted by Gasteiger charge is 2.05. The molecule has 4 nitrogen and oxygen atoms in total. The lowest BCUT2D eigenvalue weighted by Gasteiger charge is -1.99. The molecule has 0 aliphatic carbocycles. The van der Waals surface area contributed by atoms with Crippen molar-refractivity contribution in [2.45, 2.75) is 0 Å². The van der Waals surface area contributed by atoms with Crippen molar-refractivity contribution in [1.82, 2.24) is 14.6 Å². The summed E-state index contributed by atoms with van der Waals surface area (Å²) in [5, 5.41) is 4.08. The summed E-state index contributed by atoms with van der Waals surface area (Å²) >= 11 is 3.31. The number of methoxy groups -OCH3 is 1. The van der Waals surface area contributed by atoms with Crippen molar-refractivity contribution < 1.29 is 4.74 Å². The van der Waals surface area contributed by atoms with Crippen LogP contribution in [0, 0.1) is 0 Å². The van der Waals surface area contributed by atoms with E-state index in [1.165, 1.54) is 0 Å². The number of halogens is 1. The van der Waals surface area contributed by atoms with E-state index >= 15 is 0 Å². The lowest BCUT2D eigenvalue weighted by Crippen LogP contribution is -1.93. The molecule has 2 heterocycles. The number of rotatable bonds is 1. The lowest BCUT2D eigenvalue weighted by atomic mass is 10.5. The van der Waals surface area contributed by atoms with Crippen LogP contribution in [0.15, 0.2) is 23.1 Å². The molecule has 0 atom stereocenters. The third-order valence-electron chi connectivity index (χ3n) is 1.54. The first-order valence-corrected chi connectivity index (χ1v) is 4.14. The second-order valence-electron chi connectivity index (χ2n) is 2.22. The van der Waals surface area contributed by atoms with Crippen molar-refractivity contribution in [2.75, 3.05) is 7.11 Å². The van der Waals surface area contributed by atoms with E-state index in [9.17, 15) is 0 Å². The quantitative estimate of drug-likeness (QED) is 0.742. The van der Waals surface area contributed by atoms with Gasteiger partial charge in [0.25, 0.3) is 0 Å². The van der Waals surface area contributed by atoms with E-state index in [2.05, 4.69) is 26.0 Å². The van der Waals surface area contributed by atoms with Gasteiger partial charge in [0, 0.05) is 6.07 Å². The average molecular weight is 228 g/mol. The van der Waals surface area contributed by atoms with Crippen LogP contribution in [-0.4, -0.2) is 21.7 Å². The molecule has 0 N–H and O–H groups in total. The smallest absolute Gasteiger partial charge is 0.197 e. The van der Waals surface area contributed by atoms with Gasteiger partial charge in [0.15, 0.2) is 11.4 Å². The van der Waals surface area contributed by atoms with Gasteiger partial charge in [-0.25, -0.2) is 9.50 Å². The molecule has 2 aromatic rings. The molecule has 0 bridgehead atoms. The van der Waals surface area contributed by atoms with Gasteiger partial charge in [-0.3, -0.25) is 0 Å². The summed E-state index contributed by atoms with van der Waals surface area (Å²) in [5.41, 5.74) is 0.715. The maximum atomic E-state index is 5.10. The largest absolute Gasteiger partial charge is 0.493 e. The monoisotopic (exact) mass is 227 g/mol. The molecule has 0 amide bonds. The van der Waals surface area contributed by atoms with Crippen molar-refractivity contribution in [3.05, 3.63) is 23.1 Å². The third kappa shape index (κ3) is 0.972. The molecule has 0 saturated heterocycles. The number of nitrogens with zero attached hydrogens (tertiary/aromatic N) is 3. The molecule has 0 saturated carbocycles. The van der Waals surface area contributed by atoms with Gasteiger partial charge in [-0.2, -0.15) is 5.10 Å². The summed E-state index contributed by atoms with van der Waals surface area (Å²) in [5.74, 6) is 0.718. The molecule has 5 heteroatoms. The minimum absolute atomic E-state index is 0.715. The highest BCUT2D eigenvalue weighted by Crippen LogP contribution is 2.19. The van der Waals surface area contributed by atoms with Crippen molar-refractivity contribution >= 4 is 21.6 Å². The molecule has 0 aliphatic heterocycles. The fourth-order valence-corrected chi connectivity index (χ4v) is 1.37. The van der Waals surface area contributed by atoms with E-state index in [1.807, 2.05) is 0 Å². The van der Waals surface area contributed by atoms with E-state index in [0.29, 0.717) is 5.65 Å². The Kier molecular flexibility index (Phi) is 1.73. The van der Waals surface area contributed by atoms with Gasteiger partial charge in [-0.15, -0.1) is 0 Å². The molecule has 0 aromatic carbocycles. The van der Waals surface area contributed by atoms with E-state index in [0.717, 1.165) is 10.4 Å². The first-order chi connectivity index (χ1) is 5.83. The number of hydrogen-bond donors (Lipinski definition) is 0. The van der Waals surface area contributed by atoms with Crippen LogP contribution in [0.5, 0.6) is 5.75 Å². The molecular formula is C7H6BrN3O. The van der Waals surface area contributed by atoms with E-state index < -0.39 is 0 Å². The summed E-state index contributed by atoms with van der Waals surface area (Å²) in [6, 6.07) is 1.77. The Morgan fingerprint density at radius 2 is 2.42 bits per heavy atom. The second-order valence-corrected chi connectivity index (χ2v) is 3.03. The van der Waals surface area contributed by atoms with Crippen LogP contribution >= 0.6 is 15.9 Å². The zero-order chi connectivity index (χ0) is 8.55. The SMILES string of the molecule is COc1ccnn2c(Br)cnc12. The van der Waals surface area contributed by atoms with Crippen LogP contribution in [0.25, 0.3) is 5.65 Å². The maximum absolute atomic E-state index is 5.10. The van der Waals surface area contributed by atoms with Crippen LogP contribution in [-0.2, 0) is 0 Å². The van der Waals surface area contributed by atoms with Gasteiger partial charge < -0.3 is 4.74 Å². The second kappa shape index (κ2) is 2.75. The third-order valence-corrected chi connectivity index (χ3v) is 2.09. The van der Waals surface area contributed by atoms with Crippen LogP contribution in [0.2, 0.25) is 0 Å². The van der Waals surface area contributed by atoms with Crippen molar-refractivity contribution in [2.24, 2.45) is 0 Å². The number of hydrogen-bond acceptors (Lipinski definition) is 3. The van der Waals surface area contributed by atoms with Crippen LogP contribution in [0.1, 0.15) is 0 Å². The van der Waals surface area contributed by atoms with Gasteiger partial charge in [-0.05, 0) is 15.9 Å². The predicted octanol–water partition coefficient (Wildman–Crippen LogP) is 1.50. The summed E-state index contributed by atoms with van der Waals surface area (Å²) in [6.07, 6.45) is 3.35. The zero-order valence-electron chi connectivity index (χ0n) is 6.36. The maximum Gasteiger partial charge on any atom is 0.197 e. The Morgan fingerprint density at radius 3 is 3.17 bits per heavy atom. The number of aromatic nitrogens is 3. The standard InChI is InChI=1S/C7H6BrN3O/c1-12-5-2-3-10-11-6(8)4-9-7(5)11/h2-4H,1H3. The topological polar surface area (TPSA) is 39.4 Å². The predicted molar refractivity (Wildman–Crippen MR) is 47.2 cm³/mol. The Balaban J connectivity index is 2.81. The Bertz CT molecular complexity index is 412. The molecule has 62 valence electrons. The Morgan fingerprint density at radius 1 is 1.58 bits per heavy atom.